The zero-order chi connectivity index (χ0) is 11.2. The van der Waals surface area contributed by atoms with Crippen molar-refractivity contribution in [2.24, 2.45) is 11.8 Å². The van der Waals surface area contributed by atoms with E-state index in [9.17, 15) is 4.79 Å². The minimum absolute atomic E-state index is 0.223. The molecule has 0 unspecified atom stereocenters. The Morgan fingerprint density at radius 3 is 2.81 bits per heavy atom. The number of Topliss-reactive ketones (excluding diaryl/α,β-unsaturated/α-hetero) is 1. The van der Waals surface area contributed by atoms with Crippen LogP contribution in [0, 0.1) is 11.8 Å². The van der Waals surface area contributed by atoms with Crippen LogP contribution in [0.2, 0.25) is 0 Å². The molecule has 0 bridgehead atoms. The molecule has 3 atom stereocenters. The SMILES string of the molecule is C[C@@]1(Sc2ccccc2)C(=O)[C@@H]2CC=C[C@@H]21. The smallest absolute Gasteiger partial charge is 0.153 e. The molecule has 2 aliphatic carbocycles. The molecule has 0 aliphatic heterocycles. The van der Waals surface area contributed by atoms with Crippen LogP contribution in [0.25, 0.3) is 0 Å². The largest absolute Gasteiger partial charge is 0.298 e. The number of hydrogen-bond acceptors (Lipinski definition) is 2. The minimum Gasteiger partial charge on any atom is -0.298 e. The maximum Gasteiger partial charge on any atom is 0.153 e. The van der Waals surface area contributed by atoms with Crippen LogP contribution >= 0.6 is 11.8 Å². The molecule has 1 saturated carbocycles. The van der Waals surface area contributed by atoms with Gasteiger partial charge in [0.25, 0.3) is 0 Å². The summed E-state index contributed by atoms with van der Waals surface area (Å²) in [6.45, 7) is 2.09. The Balaban J connectivity index is 1.85. The van der Waals surface area contributed by atoms with Gasteiger partial charge in [-0.05, 0) is 25.5 Å². The maximum absolute atomic E-state index is 12.1. The van der Waals surface area contributed by atoms with Crippen molar-refractivity contribution in [3.8, 4) is 0 Å². The highest BCUT2D eigenvalue weighted by Crippen LogP contribution is 2.56. The fraction of sp³-hybridized carbons (Fsp3) is 0.357. The number of ketones is 1. The second kappa shape index (κ2) is 3.49. The molecule has 1 aromatic rings. The Morgan fingerprint density at radius 1 is 1.31 bits per heavy atom. The third kappa shape index (κ3) is 1.29. The van der Waals surface area contributed by atoms with Crippen LogP contribution in [0.4, 0.5) is 0 Å². The fourth-order valence-electron chi connectivity index (χ4n) is 2.78. The van der Waals surface area contributed by atoms with Gasteiger partial charge in [-0.2, -0.15) is 0 Å². The first-order chi connectivity index (χ1) is 7.72. The van der Waals surface area contributed by atoms with Crippen molar-refractivity contribution in [2.75, 3.05) is 0 Å². The molecule has 1 nitrogen and oxygen atoms in total. The quantitative estimate of drug-likeness (QED) is 0.725. The summed E-state index contributed by atoms with van der Waals surface area (Å²) in [7, 11) is 0. The molecule has 0 N–H and O–H groups in total. The third-order valence-electron chi connectivity index (χ3n) is 3.70. The van der Waals surface area contributed by atoms with Gasteiger partial charge in [0, 0.05) is 16.7 Å². The first kappa shape index (κ1) is 10.2. The van der Waals surface area contributed by atoms with Crippen LogP contribution in [0.5, 0.6) is 0 Å². The van der Waals surface area contributed by atoms with E-state index in [0.29, 0.717) is 11.7 Å². The first-order valence-corrected chi connectivity index (χ1v) is 6.48. The van der Waals surface area contributed by atoms with Crippen LogP contribution in [-0.2, 0) is 4.79 Å². The Morgan fingerprint density at radius 2 is 2.06 bits per heavy atom. The average Bonchev–Trinajstić information content (AvgIpc) is 2.76. The van der Waals surface area contributed by atoms with Gasteiger partial charge in [0.2, 0.25) is 0 Å². The van der Waals surface area contributed by atoms with Crippen LogP contribution in [0.15, 0.2) is 47.4 Å². The molecule has 0 heterocycles. The average molecular weight is 230 g/mol. The van der Waals surface area contributed by atoms with Crippen LogP contribution in [0.3, 0.4) is 0 Å². The van der Waals surface area contributed by atoms with Crippen LogP contribution in [-0.4, -0.2) is 10.5 Å². The third-order valence-corrected chi connectivity index (χ3v) is 5.11. The van der Waals surface area contributed by atoms with E-state index in [1.807, 2.05) is 18.2 Å². The number of carbonyl (C=O) groups is 1. The molecule has 16 heavy (non-hydrogen) atoms. The van der Waals surface area contributed by atoms with Gasteiger partial charge in [0.1, 0.15) is 0 Å². The molecule has 3 rings (SSSR count). The van der Waals surface area contributed by atoms with Crippen LogP contribution < -0.4 is 0 Å². The van der Waals surface area contributed by atoms with E-state index >= 15 is 0 Å². The molecule has 0 radical (unpaired) electrons. The Kier molecular flexibility index (Phi) is 2.21. The fourth-order valence-corrected chi connectivity index (χ4v) is 4.19. The molecular weight excluding hydrogens is 216 g/mol. The van der Waals surface area contributed by atoms with E-state index in [1.165, 1.54) is 4.90 Å². The lowest BCUT2D eigenvalue weighted by Crippen LogP contribution is -2.56. The summed E-state index contributed by atoms with van der Waals surface area (Å²) in [6.07, 6.45) is 5.33. The van der Waals surface area contributed by atoms with Gasteiger partial charge in [-0.25, -0.2) is 0 Å². The summed E-state index contributed by atoms with van der Waals surface area (Å²) in [4.78, 5) is 13.3. The Labute approximate surface area is 99.9 Å². The van der Waals surface area contributed by atoms with Gasteiger partial charge < -0.3 is 0 Å². The number of carbonyl (C=O) groups excluding carboxylic acids is 1. The highest BCUT2D eigenvalue weighted by Gasteiger charge is 2.59. The van der Waals surface area contributed by atoms with Crippen molar-refractivity contribution in [3.05, 3.63) is 42.5 Å². The standard InChI is InChI=1S/C14H14OS/c1-14(16-10-6-3-2-4-7-10)12-9-5-8-11(12)13(14)15/h2-7,9,11-12H,8H2,1H3/t11-,12+,14+/m1/s1. The van der Waals surface area contributed by atoms with Crippen molar-refractivity contribution < 1.29 is 4.79 Å². The van der Waals surface area contributed by atoms with Gasteiger partial charge in [0.15, 0.2) is 5.78 Å². The zero-order valence-corrected chi connectivity index (χ0v) is 10.0. The zero-order valence-electron chi connectivity index (χ0n) is 9.22. The molecule has 0 spiro atoms. The lowest BCUT2D eigenvalue weighted by molar-refractivity contribution is -0.135. The molecule has 2 aliphatic rings. The Hall–Kier alpha value is -1.02. The predicted octanol–water partition coefficient (Wildman–Crippen LogP) is 3.31. The van der Waals surface area contributed by atoms with E-state index in [1.54, 1.807) is 11.8 Å². The summed E-state index contributed by atoms with van der Waals surface area (Å²) >= 11 is 1.72. The highest BCUT2D eigenvalue weighted by atomic mass is 32.2. The van der Waals surface area contributed by atoms with E-state index in [4.69, 9.17) is 0 Å². The van der Waals surface area contributed by atoms with Crippen molar-refractivity contribution in [1.82, 2.24) is 0 Å². The molecule has 0 saturated heterocycles. The van der Waals surface area contributed by atoms with Crippen molar-refractivity contribution >= 4 is 17.5 Å². The van der Waals surface area contributed by atoms with E-state index in [0.717, 1.165) is 6.42 Å². The van der Waals surface area contributed by atoms with E-state index in [2.05, 4.69) is 31.2 Å². The number of allylic oxidation sites excluding steroid dienone is 2. The molecule has 1 aromatic carbocycles. The summed E-state index contributed by atoms with van der Waals surface area (Å²) in [5.74, 6) is 1.16. The highest BCUT2D eigenvalue weighted by molar-refractivity contribution is 8.01. The molecule has 0 amide bonds. The van der Waals surface area contributed by atoms with Crippen molar-refractivity contribution in [2.45, 2.75) is 23.0 Å². The normalized spacial score (nSPS) is 35.9. The van der Waals surface area contributed by atoms with E-state index < -0.39 is 0 Å². The molecular formula is C14H14OS. The lowest BCUT2D eigenvalue weighted by Gasteiger charge is -2.47. The van der Waals surface area contributed by atoms with Gasteiger partial charge in [-0.3, -0.25) is 4.79 Å². The van der Waals surface area contributed by atoms with Crippen LogP contribution in [0.1, 0.15) is 13.3 Å². The topological polar surface area (TPSA) is 17.1 Å². The van der Waals surface area contributed by atoms with Gasteiger partial charge in [0.05, 0.1) is 4.75 Å². The predicted molar refractivity (Wildman–Crippen MR) is 66.4 cm³/mol. The molecule has 1 fully saturated rings. The molecule has 0 aromatic heterocycles. The molecule has 2 heteroatoms. The number of fused-ring (bicyclic) bond motifs is 1. The van der Waals surface area contributed by atoms with E-state index in [-0.39, 0.29) is 10.7 Å². The number of benzene rings is 1. The summed E-state index contributed by atoms with van der Waals surface area (Å²) in [5.41, 5.74) is 0. The number of thioether (sulfide) groups is 1. The lowest BCUT2D eigenvalue weighted by atomic mass is 9.65. The van der Waals surface area contributed by atoms with Crippen molar-refractivity contribution in [1.29, 1.82) is 0 Å². The maximum atomic E-state index is 12.1. The molecule has 82 valence electrons. The second-order valence-electron chi connectivity index (χ2n) is 4.68. The van der Waals surface area contributed by atoms with Crippen molar-refractivity contribution in [3.63, 3.8) is 0 Å². The summed E-state index contributed by atoms with van der Waals surface area (Å²) in [5, 5.41) is 0. The Bertz CT molecular complexity index is 451. The summed E-state index contributed by atoms with van der Waals surface area (Å²) < 4.78 is -0.223. The number of rotatable bonds is 2. The summed E-state index contributed by atoms with van der Waals surface area (Å²) in [6, 6.07) is 10.2. The second-order valence-corrected chi connectivity index (χ2v) is 6.21. The monoisotopic (exact) mass is 230 g/mol. The van der Waals surface area contributed by atoms with Gasteiger partial charge >= 0.3 is 0 Å². The van der Waals surface area contributed by atoms with Gasteiger partial charge in [-0.1, -0.05) is 30.4 Å². The number of hydrogen-bond donors (Lipinski definition) is 0. The van der Waals surface area contributed by atoms with Gasteiger partial charge in [-0.15, -0.1) is 11.8 Å². The minimum atomic E-state index is -0.223. The first-order valence-electron chi connectivity index (χ1n) is 5.67.